The molecule has 1 heterocycles. The molecule has 0 aliphatic heterocycles. The van der Waals surface area contributed by atoms with E-state index in [4.69, 9.17) is 16.3 Å². The zero-order valence-electron chi connectivity index (χ0n) is 11.0. The van der Waals surface area contributed by atoms with Crippen LogP contribution >= 0.6 is 11.6 Å². The molecule has 102 valence electrons. The Morgan fingerprint density at radius 2 is 2.26 bits per heavy atom. The SMILES string of the molecule is COc1cc2c(CCCNC(C)=O)c[nH]c2cc1Cl. The van der Waals surface area contributed by atoms with Gasteiger partial charge < -0.3 is 15.0 Å². The van der Waals surface area contributed by atoms with Gasteiger partial charge in [-0.2, -0.15) is 0 Å². The van der Waals surface area contributed by atoms with Crippen molar-refractivity contribution < 1.29 is 9.53 Å². The summed E-state index contributed by atoms with van der Waals surface area (Å²) in [6.45, 7) is 2.21. The van der Waals surface area contributed by atoms with Gasteiger partial charge in [0.05, 0.1) is 12.1 Å². The number of benzene rings is 1. The van der Waals surface area contributed by atoms with Crippen molar-refractivity contribution in [2.45, 2.75) is 19.8 Å². The van der Waals surface area contributed by atoms with E-state index in [1.165, 1.54) is 12.5 Å². The summed E-state index contributed by atoms with van der Waals surface area (Å²) in [6.07, 6.45) is 3.77. The van der Waals surface area contributed by atoms with Crippen LogP contribution in [0.1, 0.15) is 18.9 Å². The molecule has 0 saturated heterocycles. The van der Waals surface area contributed by atoms with Crippen molar-refractivity contribution in [1.29, 1.82) is 0 Å². The van der Waals surface area contributed by atoms with Gasteiger partial charge in [0.15, 0.2) is 0 Å². The number of methoxy groups -OCH3 is 1. The molecule has 1 aromatic carbocycles. The number of nitrogens with one attached hydrogen (secondary N) is 2. The van der Waals surface area contributed by atoms with Crippen molar-refractivity contribution in [1.82, 2.24) is 10.3 Å². The Morgan fingerprint density at radius 1 is 1.47 bits per heavy atom. The van der Waals surface area contributed by atoms with Crippen LogP contribution in [0.2, 0.25) is 5.02 Å². The molecule has 4 nitrogen and oxygen atoms in total. The Hall–Kier alpha value is -1.68. The molecule has 0 bridgehead atoms. The van der Waals surface area contributed by atoms with Gasteiger partial charge in [0.25, 0.3) is 0 Å². The molecule has 0 radical (unpaired) electrons. The Bertz CT molecular complexity index is 592. The predicted molar refractivity (Wildman–Crippen MR) is 76.9 cm³/mol. The highest BCUT2D eigenvalue weighted by Crippen LogP contribution is 2.31. The van der Waals surface area contributed by atoms with Crippen LogP contribution in [0.4, 0.5) is 0 Å². The third kappa shape index (κ3) is 3.20. The Kier molecular flexibility index (Phi) is 4.32. The van der Waals surface area contributed by atoms with Crippen molar-refractivity contribution in [2.75, 3.05) is 13.7 Å². The second-order valence-corrected chi connectivity index (χ2v) is 4.84. The average Bonchev–Trinajstić information content (AvgIpc) is 2.75. The lowest BCUT2D eigenvalue weighted by molar-refractivity contribution is -0.118. The highest BCUT2D eigenvalue weighted by Gasteiger charge is 2.08. The number of rotatable bonds is 5. The number of aryl methyl sites for hydroxylation is 1. The van der Waals surface area contributed by atoms with Gasteiger partial charge in [0.2, 0.25) is 5.91 Å². The van der Waals surface area contributed by atoms with Gasteiger partial charge >= 0.3 is 0 Å². The number of halogens is 1. The van der Waals surface area contributed by atoms with E-state index in [1.54, 1.807) is 7.11 Å². The molecule has 2 aromatic rings. The summed E-state index contributed by atoms with van der Waals surface area (Å²) < 4.78 is 5.23. The van der Waals surface area contributed by atoms with Crippen LogP contribution < -0.4 is 10.1 Å². The van der Waals surface area contributed by atoms with Crippen molar-refractivity contribution in [3.8, 4) is 5.75 Å². The number of hydrogen-bond donors (Lipinski definition) is 2. The van der Waals surface area contributed by atoms with Gasteiger partial charge in [-0.25, -0.2) is 0 Å². The minimum absolute atomic E-state index is 0.00683. The molecule has 0 fully saturated rings. The van der Waals surface area contributed by atoms with Crippen LogP contribution in [-0.2, 0) is 11.2 Å². The maximum Gasteiger partial charge on any atom is 0.216 e. The first-order valence-corrected chi connectivity index (χ1v) is 6.57. The predicted octanol–water partition coefficient (Wildman–Crippen LogP) is 2.90. The molecule has 1 aromatic heterocycles. The number of hydrogen-bond acceptors (Lipinski definition) is 2. The molecule has 2 rings (SSSR count). The maximum absolute atomic E-state index is 10.8. The quantitative estimate of drug-likeness (QED) is 0.828. The van der Waals surface area contributed by atoms with Crippen LogP contribution in [0.3, 0.4) is 0 Å². The number of fused-ring (bicyclic) bond motifs is 1. The molecule has 2 N–H and O–H groups in total. The third-order valence-corrected chi connectivity index (χ3v) is 3.33. The van der Waals surface area contributed by atoms with E-state index in [0.717, 1.165) is 23.7 Å². The summed E-state index contributed by atoms with van der Waals surface area (Å²) in [5.41, 5.74) is 2.20. The van der Waals surface area contributed by atoms with Gasteiger partial charge in [0.1, 0.15) is 5.75 Å². The number of ether oxygens (including phenoxy) is 1. The zero-order valence-corrected chi connectivity index (χ0v) is 11.8. The highest BCUT2D eigenvalue weighted by atomic mass is 35.5. The monoisotopic (exact) mass is 280 g/mol. The van der Waals surface area contributed by atoms with Crippen molar-refractivity contribution in [3.63, 3.8) is 0 Å². The van der Waals surface area contributed by atoms with Crippen molar-refractivity contribution in [3.05, 3.63) is 28.9 Å². The Morgan fingerprint density at radius 3 is 2.95 bits per heavy atom. The Balaban J connectivity index is 2.13. The van der Waals surface area contributed by atoms with E-state index in [2.05, 4.69) is 10.3 Å². The minimum atomic E-state index is 0.00683. The fourth-order valence-corrected chi connectivity index (χ4v) is 2.33. The molecule has 0 unspecified atom stereocenters. The standard InChI is InChI=1S/C14H17ClN2O2/c1-9(18)16-5-3-4-10-8-17-13-7-12(15)14(19-2)6-11(10)13/h6-8,17H,3-5H2,1-2H3,(H,16,18). The summed E-state index contributed by atoms with van der Waals surface area (Å²) in [6, 6.07) is 3.81. The maximum atomic E-state index is 10.8. The number of H-pyrrole nitrogens is 1. The van der Waals surface area contributed by atoms with Gasteiger partial charge in [-0.05, 0) is 30.5 Å². The second-order valence-electron chi connectivity index (χ2n) is 4.43. The number of carbonyl (C=O) groups excluding carboxylic acids is 1. The first kappa shape index (κ1) is 13.7. The summed E-state index contributed by atoms with van der Waals surface area (Å²) in [4.78, 5) is 14.0. The van der Waals surface area contributed by atoms with E-state index < -0.39 is 0 Å². The van der Waals surface area contributed by atoms with Crippen LogP contribution in [-0.4, -0.2) is 24.5 Å². The van der Waals surface area contributed by atoms with E-state index in [9.17, 15) is 4.79 Å². The fourth-order valence-electron chi connectivity index (χ4n) is 2.09. The first-order chi connectivity index (χ1) is 9.11. The Labute approximate surface area is 117 Å². The highest BCUT2D eigenvalue weighted by molar-refractivity contribution is 6.32. The first-order valence-electron chi connectivity index (χ1n) is 6.19. The van der Waals surface area contributed by atoms with E-state index >= 15 is 0 Å². The number of aromatic nitrogens is 1. The normalized spacial score (nSPS) is 10.7. The molecule has 0 aliphatic carbocycles. The smallest absolute Gasteiger partial charge is 0.216 e. The largest absolute Gasteiger partial charge is 0.495 e. The molecular weight excluding hydrogens is 264 g/mol. The molecule has 0 atom stereocenters. The third-order valence-electron chi connectivity index (χ3n) is 3.04. The zero-order chi connectivity index (χ0) is 13.8. The number of carbonyl (C=O) groups is 1. The fraction of sp³-hybridized carbons (Fsp3) is 0.357. The lowest BCUT2D eigenvalue weighted by atomic mass is 10.1. The lowest BCUT2D eigenvalue weighted by Gasteiger charge is -2.05. The van der Waals surface area contributed by atoms with Crippen LogP contribution in [0.15, 0.2) is 18.3 Å². The molecular formula is C14H17ClN2O2. The van der Waals surface area contributed by atoms with Gasteiger partial charge in [-0.3, -0.25) is 4.79 Å². The molecule has 0 spiro atoms. The topological polar surface area (TPSA) is 54.1 Å². The van der Waals surface area contributed by atoms with E-state index in [1.807, 2.05) is 18.3 Å². The number of amides is 1. The molecule has 0 aliphatic rings. The second kappa shape index (κ2) is 5.97. The lowest BCUT2D eigenvalue weighted by Crippen LogP contribution is -2.21. The summed E-state index contributed by atoms with van der Waals surface area (Å²) in [5, 5.41) is 4.51. The minimum Gasteiger partial charge on any atom is -0.495 e. The van der Waals surface area contributed by atoms with Crippen LogP contribution in [0, 0.1) is 0 Å². The molecule has 19 heavy (non-hydrogen) atoms. The molecule has 0 saturated carbocycles. The summed E-state index contributed by atoms with van der Waals surface area (Å²) >= 11 is 6.08. The number of aromatic amines is 1. The van der Waals surface area contributed by atoms with E-state index in [-0.39, 0.29) is 5.91 Å². The summed E-state index contributed by atoms with van der Waals surface area (Å²) in [5.74, 6) is 0.684. The van der Waals surface area contributed by atoms with Crippen molar-refractivity contribution >= 4 is 28.4 Å². The van der Waals surface area contributed by atoms with Crippen molar-refractivity contribution in [2.24, 2.45) is 0 Å². The average molecular weight is 281 g/mol. The van der Waals surface area contributed by atoms with Gasteiger partial charge in [-0.1, -0.05) is 11.6 Å². The van der Waals surface area contributed by atoms with E-state index in [0.29, 0.717) is 17.3 Å². The van der Waals surface area contributed by atoms with Crippen LogP contribution in [0.5, 0.6) is 5.75 Å². The molecule has 5 heteroatoms. The van der Waals surface area contributed by atoms with Gasteiger partial charge in [0, 0.05) is 30.6 Å². The molecule has 1 amide bonds. The summed E-state index contributed by atoms with van der Waals surface area (Å²) in [7, 11) is 1.61. The van der Waals surface area contributed by atoms with Gasteiger partial charge in [-0.15, -0.1) is 0 Å². The van der Waals surface area contributed by atoms with Crippen LogP contribution in [0.25, 0.3) is 10.9 Å².